The molecule has 256 valence electrons. The first-order chi connectivity index (χ1) is 21.8. The molecule has 1 aliphatic rings. The lowest BCUT2D eigenvalue weighted by atomic mass is 10.0. The van der Waals surface area contributed by atoms with Crippen molar-refractivity contribution in [3.05, 3.63) is 24.3 Å². The Bertz CT molecular complexity index is 714. The van der Waals surface area contributed by atoms with E-state index in [2.05, 4.69) is 48.0 Å². The summed E-state index contributed by atoms with van der Waals surface area (Å²) in [6.45, 7) is 7.57. The number of ether oxygens (including phenoxy) is 1. The molecule has 0 radical (unpaired) electrons. The molecule has 0 fully saturated rings. The number of hydrogen-bond donors (Lipinski definition) is 0. The van der Waals surface area contributed by atoms with E-state index in [1.807, 2.05) is 0 Å². The van der Waals surface area contributed by atoms with Crippen molar-refractivity contribution < 1.29 is 9.53 Å². The van der Waals surface area contributed by atoms with E-state index in [1.54, 1.807) is 0 Å². The van der Waals surface area contributed by atoms with Crippen molar-refractivity contribution in [3.8, 4) is 0 Å². The fraction of sp³-hybridized carbons (Fsp3) is 0.850. The first-order valence-electron chi connectivity index (χ1n) is 19.5. The average Bonchev–Trinajstić information content (AvgIpc) is 3.48. The van der Waals surface area contributed by atoms with Crippen molar-refractivity contribution in [1.29, 1.82) is 0 Å². The van der Waals surface area contributed by atoms with Gasteiger partial charge >= 0.3 is 5.97 Å². The number of hydrogen-bond acceptors (Lipinski definition) is 4. The summed E-state index contributed by atoms with van der Waals surface area (Å²) in [6.07, 6.45) is 45.6. The van der Waals surface area contributed by atoms with E-state index in [9.17, 15) is 4.79 Å². The molecule has 4 nitrogen and oxygen atoms in total. The van der Waals surface area contributed by atoms with Crippen LogP contribution in [-0.2, 0) is 9.53 Å². The van der Waals surface area contributed by atoms with E-state index < -0.39 is 0 Å². The fourth-order valence-electron chi connectivity index (χ4n) is 6.03. The van der Waals surface area contributed by atoms with E-state index >= 15 is 0 Å². The van der Waals surface area contributed by atoms with Gasteiger partial charge < -0.3 is 9.64 Å². The highest BCUT2D eigenvalue weighted by atomic mass is 16.5. The highest BCUT2D eigenvalue weighted by Crippen LogP contribution is 2.14. The first-order valence-corrected chi connectivity index (χ1v) is 19.5. The van der Waals surface area contributed by atoms with Gasteiger partial charge in [0.05, 0.1) is 13.1 Å². The number of unbranched alkanes of at least 4 members (excludes halogenated alkanes) is 24. The van der Waals surface area contributed by atoms with Crippen LogP contribution in [0.2, 0.25) is 0 Å². The van der Waals surface area contributed by atoms with E-state index in [-0.39, 0.29) is 5.97 Å². The Morgan fingerprint density at radius 2 is 1.05 bits per heavy atom. The highest BCUT2D eigenvalue weighted by molar-refractivity contribution is 5.94. The molecule has 1 rings (SSSR count). The smallest absolute Gasteiger partial charge is 0.305 e. The van der Waals surface area contributed by atoms with Gasteiger partial charge in [-0.3, -0.25) is 9.79 Å². The van der Waals surface area contributed by atoms with Gasteiger partial charge in [0, 0.05) is 13.0 Å². The van der Waals surface area contributed by atoms with Gasteiger partial charge in [0.15, 0.2) is 0 Å². The van der Waals surface area contributed by atoms with Crippen molar-refractivity contribution in [3.63, 3.8) is 0 Å². The van der Waals surface area contributed by atoms with Crippen LogP contribution >= 0.6 is 0 Å². The minimum absolute atomic E-state index is 0.0433. The molecule has 44 heavy (non-hydrogen) atoms. The Hall–Kier alpha value is -1.58. The number of carbonyl (C=O) groups excluding carboxylic acids is 1. The number of amidine groups is 1. The topological polar surface area (TPSA) is 41.9 Å². The van der Waals surface area contributed by atoms with Gasteiger partial charge in [-0.2, -0.15) is 0 Å². The Labute approximate surface area is 275 Å². The van der Waals surface area contributed by atoms with Crippen LogP contribution in [0, 0.1) is 0 Å². The molecule has 0 aliphatic carbocycles. The summed E-state index contributed by atoms with van der Waals surface area (Å²) in [4.78, 5) is 19.1. The zero-order chi connectivity index (χ0) is 31.6. The Morgan fingerprint density at radius 1 is 0.614 bits per heavy atom. The lowest BCUT2D eigenvalue weighted by molar-refractivity contribution is -0.143. The summed E-state index contributed by atoms with van der Waals surface area (Å²) in [5.41, 5.74) is 0. The first kappa shape index (κ1) is 40.4. The van der Waals surface area contributed by atoms with Crippen molar-refractivity contribution in [2.24, 2.45) is 4.99 Å². The van der Waals surface area contributed by atoms with Crippen molar-refractivity contribution in [1.82, 2.24) is 4.90 Å². The molecule has 0 aromatic heterocycles. The molecule has 0 unspecified atom stereocenters. The maximum Gasteiger partial charge on any atom is 0.305 e. The quantitative estimate of drug-likeness (QED) is 0.0419. The fourth-order valence-corrected chi connectivity index (χ4v) is 6.03. The lowest BCUT2D eigenvalue weighted by Crippen LogP contribution is -2.30. The molecule has 0 amide bonds. The third-order valence-electron chi connectivity index (χ3n) is 8.98. The molecule has 0 saturated heterocycles. The van der Waals surface area contributed by atoms with Crippen LogP contribution in [-0.4, -0.2) is 42.9 Å². The van der Waals surface area contributed by atoms with Gasteiger partial charge in [0.25, 0.3) is 0 Å². The second-order valence-electron chi connectivity index (χ2n) is 13.2. The number of carbonyl (C=O) groups is 1. The Morgan fingerprint density at radius 3 is 1.55 bits per heavy atom. The number of nitrogens with zero attached hydrogens (tertiary/aromatic N) is 2. The van der Waals surface area contributed by atoms with E-state index in [0.717, 1.165) is 44.7 Å². The molecular formula is C40H74N2O2. The monoisotopic (exact) mass is 615 g/mol. The minimum Gasteiger partial charge on any atom is -0.464 e. The summed E-state index contributed by atoms with van der Waals surface area (Å²) in [5, 5.41) is 0. The zero-order valence-electron chi connectivity index (χ0n) is 29.6. The molecule has 0 aromatic rings. The Balaban J connectivity index is 1.90. The van der Waals surface area contributed by atoms with Gasteiger partial charge in [0.2, 0.25) is 0 Å². The van der Waals surface area contributed by atoms with Gasteiger partial charge in [0.1, 0.15) is 12.4 Å². The van der Waals surface area contributed by atoms with E-state index in [4.69, 9.17) is 4.74 Å². The lowest BCUT2D eigenvalue weighted by Gasteiger charge is -2.18. The molecule has 0 atom stereocenters. The predicted octanol–water partition coefficient (Wildman–Crippen LogP) is 12.3. The summed E-state index contributed by atoms with van der Waals surface area (Å²) in [7, 11) is 0. The Kier molecular flexibility index (Phi) is 30.2. The van der Waals surface area contributed by atoms with Crippen LogP contribution in [0.25, 0.3) is 0 Å². The number of rotatable bonds is 33. The molecule has 4 heteroatoms. The highest BCUT2D eigenvalue weighted by Gasteiger charge is 2.14. The minimum atomic E-state index is -0.0433. The van der Waals surface area contributed by atoms with Crippen LogP contribution < -0.4 is 0 Å². The molecule has 0 spiro atoms. The number of allylic oxidation sites excluding steroid dienone is 3. The van der Waals surface area contributed by atoms with Gasteiger partial charge in [-0.05, 0) is 51.0 Å². The number of aliphatic imine (C=N–C) groups is 1. The van der Waals surface area contributed by atoms with Gasteiger partial charge in [-0.15, -0.1) is 0 Å². The largest absolute Gasteiger partial charge is 0.464 e. The second-order valence-corrected chi connectivity index (χ2v) is 13.2. The van der Waals surface area contributed by atoms with E-state index in [0.29, 0.717) is 13.0 Å². The summed E-state index contributed by atoms with van der Waals surface area (Å²) < 4.78 is 5.53. The van der Waals surface area contributed by atoms with Crippen molar-refractivity contribution in [2.75, 3.05) is 26.2 Å². The summed E-state index contributed by atoms with van der Waals surface area (Å²) >= 11 is 0. The van der Waals surface area contributed by atoms with Crippen molar-refractivity contribution >= 4 is 11.8 Å². The van der Waals surface area contributed by atoms with Gasteiger partial charge in [-0.1, -0.05) is 160 Å². The standard InChI is InChI=1S/C40H74N2O2/c1-3-5-7-9-11-13-15-17-19-21-23-25-27-29-31-33-39-41-35-36-42(39)37-38-44-40(43)34-32-30-28-26-24-22-20-18-16-14-12-10-8-6-4-2/h18,20,31,33H,3-17,19,21-30,32,34-38H2,1-2H3/b20-18-,33-31+. The summed E-state index contributed by atoms with van der Waals surface area (Å²) in [5.74, 6) is 1.02. The molecule has 0 aromatic carbocycles. The second kappa shape index (κ2) is 32.8. The van der Waals surface area contributed by atoms with Crippen LogP contribution in [0.15, 0.2) is 29.3 Å². The van der Waals surface area contributed by atoms with Crippen LogP contribution in [0.4, 0.5) is 0 Å². The van der Waals surface area contributed by atoms with Crippen LogP contribution in [0.1, 0.15) is 194 Å². The average molecular weight is 615 g/mol. The molecular weight excluding hydrogens is 540 g/mol. The molecule has 1 aliphatic heterocycles. The molecule has 1 heterocycles. The number of esters is 1. The van der Waals surface area contributed by atoms with Crippen LogP contribution in [0.5, 0.6) is 0 Å². The van der Waals surface area contributed by atoms with Crippen molar-refractivity contribution in [2.45, 2.75) is 194 Å². The van der Waals surface area contributed by atoms with E-state index in [1.165, 1.54) is 154 Å². The third kappa shape index (κ3) is 26.8. The summed E-state index contributed by atoms with van der Waals surface area (Å²) in [6, 6.07) is 0. The maximum absolute atomic E-state index is 12.2. The van der Waals surface area contributed by atoms with Gasteiger partial charge in [-0.25, -0.2) is 0 Å². The molecule has 0 saturated carbocycles. The van der Waals surface area contributed by atoms with Crippen LogP contribution in [0.3, 0.4) is 0 Å². The molecule has 0 N–H and O–H groups in total. The normalized spacial score (nSPS) is 13.5. The zero-order valence-corrected chi connectivity index (χ0v) is 29.6. The maximum atomic E-state index is 12.2. The molecule has 0 bridgehead atoms. The third-order valence-corrected chi connectivity index (χ3v) is 8.98. The SMILES string of the molecule is CCCCCCCC/C=C\CCCCCCCC(=O)OCCN1CCN=C1/C=C/CCCCCCCCCCCCCCC. The predicted molar refractivity (Wildman–Crippen MR) is 194 cm³/mol.